The Morgan fingerprint density at radius 1 is 0.333 bits per heavy atom. The zero-order valence-corrected chi connectivity index (χ0v) is 32.2. The molecule has 0 radical (unpaired) electrons. The maximum absolute atomic E-state index is 6.74. The molecule has 0 aliphatic carbocycles. The van der Waals surface area contributed by atoms with Crippen LogP contribution >= 0.6 is 0 Å². The predicted molar refractivity (Wildman–Crippen MR) is 245 cm³/mol. The molecule has 0 saturated heterocycles. The van der Waals surface area contributed by atoms with Gasteiger partial charge in [0.15, 0.2) is 8.07 Å². The molecule has 0 unspecified atom stereocenters. The lowest BCUT2D eigenvalue weighted by Gasteiger charge is -2.35. The minimum absolute atomic E-state index is 0.896. The zero-order chi connectivity index (χ0) is 37.8. The van der Waals surface area contributed by atoms with E-state index >= 15 is 0 Å². The highest BCUT2D eigenvalue weighted by molar-refractivity contribution is 7.19. The van der Waals surface area contributed by atoms with Crippen molar-refractivity contribution in [3.63, 3.8) is 0 Å². The van der Waals surface area contributed by atoms with Crippen molar-refractivity contribution in [2.45, 2.75) is 0 Å². The molecule has 0 amide bonds. The van der Waals surface area contributed by atoms with Crippen molar-refractivity contribution in [1.82, 2.24) is 0 Å². The van der Waals surface area contributed by atoms with Crippen molar-refractivity contribution in [2.75, 3.05) is 4.90 Å². The van der Waals surface area contributed by atoms with Crippen molar-refractivity contribution >= 4 is 100 Å². The van der Waals surface area contributed by atoms with Crippen LogP contribution in [0.25, 0.3) is 54.3 Å². The van der Waals surface area contributed by atoms with Gasteiger partial charge >= 0.3 is 0 Å². The van der Waals surface area contributed by atoms with Crippen LogP contribution in [0.5, 0.6) is 0 Å². The fourth-order valence-electron chi connectivity index (χ4n) is 9.21. The summed E-state index contributed by atoms with van der Waals surface area (Å²) in [5, 5.41) is 14.8. The summed E-state index contributed by atoms with van der Waals surface area (Å²) in [4.78, 5) is 2.42. The Morgan fingerprint density at radius 3 is 1.54 bits per heavy atom. The van der Waals surface area contributed by atoms with E-state index in [4.69, 9.17) is 4.42 Å². The van der Waals surface area contributed by atoms with Gasteiger partial charge in [-0.3, -0.25) is 0 Å². The van der Waals surface area contributed by atoms with Gasteiger partial charge in [0.25, 0.3) is 0 Å². The van der Waals surface area contributed by atoms with E-state index in [0.717, 1.165) is 49.8 Å². The number of anilines is 3. The fourth-order valence-corrected chi connectivity index (χ4v) is 14.0. The monoisotopic (exact) mass is 743 g/mol. The van der Waals surface area contributed by atoms with Crippen LogP contribution in [0.4, 0.5) is 17.1 Å². The molecule has 3 heteroatoms. The van der Waals surface area contributed by atoms with Gasteiger partial charge in [-0.05, 0) is 90.1 Å². The van der Waals surface area contributed by atoms with Gasteiger partial charge in [0, 0.05) is 27.5 Å². The smallest absolute Gasteiger partial charge is 0.179 e. The third-order valence-corrected chi connectivity index (χ3v) is 16.6. The van der Waals surface area contributed by atoms with Crippen LogP contribution in [0.1, 0.15) is 0 Å². The summed E-state index contributed by atoms with van der Waals surface area (Å²) in [5.41, 5.74) is 5.04. The van der Waals surface area contributed by atoms with Crippen LogP contribution in [0.15, 0.2) is 229 Å². The van der Waals surface area contributed by atoms with Crippen LogP contribution in [0.2, 0.25) is 0 Å². The number of rotatable bonds is 7. The van der Waals surface area contributed by atoms with E-state index in [0.29, 0.717) is 0 Å². The number of benzene rings is 10. The Hall–Kier alpha value is -7.20. The van der Waals surface area contributed by atoms with Gasteiger partial charge in [0.05, 0.1) is 5.69 Å². The average Bonchev–Trinajstić information content (AvgIpc) is 3.67. The van der Waals surface area contributed by atoms with Crippen LogP contribution in [-0.2, 0) is 0 Å². The number of furan rings is 1. The highest BCUT2D eigenvalue weighted by atomic mass is 28.3. The molecule has 0 fully saturated rings. The summed E-state index contributed by atoms with van der Waals surface area (Å²) in [7, 11) is -2.71. The van der Waals surface area contributed by atoms with E-state index < -0.39 is 8.07 Å². The Kier molecular flexibility index (Phi) is 7.87. The Bertz CT molecular complexity index is 3130. The highest BCUT2D eigenvalue weighted by Gasteiger charge is 2.41. The van der Waals surface area contributed by atoms with Crippen molar-refractivity contribution in [3.8, 4) is 0 Å². The second-order valence-electron chi connectivity index (χ2n) is 14.8. The Balaban J connectivity index is 1.17. The van der Waals surface area contributed by atoms with Gasteiger partial charge in [-0.2, -0.15) is 0 Å². The lowest BCUT2D eigenvalue weighted by atomic mass is 10.00. The second-order valence-corrected chi connectivity index (χ2v) is 18.6. The van der Waals surface area contributed by atoms with Crippen molar-refractivity contribution in [3.05, 3.63) is 224 Å². The molecule has 11 aromatic rings. The average molecular weight is 744 g/mol. The van der Waals surface area contributed by atoms with Crippen molar-refractivity contribution < 1.29 is 4.42 Å². The van der Waals surface area contributed by atoms with Gasteiger partial charge in [-0.1, -0.05) is 182 Å². The molecule has 0 saturated carbocycles. The number of hydrogen-bond acceptors (Lipinski definition) is 2. The summed E-state index contributed by atoms with van der Waals surface area (Å²) in [6, 6.07) is 82.2. The summed E-state index contributed by atoms with van der Waals surface area (Å²) >= 11 is 0. The normalized spacial score (nSPS) is 11.9. The first-order valence-corrected chi connectivity index (χ1v) is 21.6. The van der Waals surface area contributed by atoms with Crippen LogP contribution in [0.3, 0.4) is 0 Å². The number of para-hydroxylation sites is 1. The second kappa shape index (κ2) is 13.5. The Labute approximate surface area is 332 Å². The van der Waals surface area contributed by atoms with Crippen LogP contribution in [0, 0.1) is 0 Å². The topological polar surface area (TPSA) is 16.4 Å². The molecule has 0 aliphatic heterocycles. The molecule has 57 heavy (non-hydrogen) atoms. The van der Waals surface area contributed by atoms with E-state index in [9.17, 15) is 0 Å². The van der Waals surface area contributed by atoms with Gasteiger partial charge < -0.3 is 9.32 Å². The van der Waals surface area contributed by atoms with Gasteiger partial charge in [0.2, 0.25) is 0 Å². The van der Waals surface area contributed by atoms with E-state index in [1.54, 1.807) is 0 Å². The zero-order valence-electron chi connectivity index (χ0n) is 31.2. The summed E-state index contributed by atoms with van der Waals surface area (Å²) in [6.07, 6.45) is 0. The van der Waals surface area contributed by atoms with Crippen molar-refractivity contribution in [2.24, 2.45) is 0 Å². The highest BCUT2D eigenvalue weighted by Crippen LogP contribution is 2.44. The largest absolute Gasteiger partial charge is 0.455 e. The molecular formula is C54H37NOSi. The minimum Gasteiger partial charge on any atom is -0.455 e. The first kappa shape index (κ1) is 33.2. The maximum atomic E-state index is 6.74. The van der Waals surface area contributed by atoms with Crippen molar-refractivity contribution in [1.29, 1.82) is 0 Å². The van der Waals surface area contributed by atoms with Gasteiger partial charge in [-0.25, -0.2) is 0 Å². The molecule has 1 heterocycles. The lowest BCUT2D eigenvalue weighted by molar-refractivity contribution is 0.672. The number of nitrogens with zero attached hydrogens (tertiary/aromatic N) is 1. The lowest BCUT2D eigenvalue weighted by Crippen LogP contribution is -2.74. The quantitative estimate of drug-likeness (QED) is 0.0918. The first-order valence-electron chi connectivity index (χ1n) is 19.6. The predicted octanol–water partition coefficient (Wildman–Crippen LogP) is 11.9. The number of hydrogen-bond donors (Lipinski definition) is 0. The molecule has 11 rings (SSSR count). The minimum atomic E-state index is -2.71. The molecular weight excluding hydrogens is 707 g/mol. The molecule has 0 N–H and O–H groups in total. The molecule has 268 valence electrons. The summed E-state index contributed by atoms with van der Waals surface area (Å²) in [5.74, 6) is 0. The maximum Gasteiger partial charge on any atom is 0.179 e. The molecule has 2 nitrogen and oxygen atoms in total. The molecule has 10 aromatic carbocycles. The standard InChI is InChI=1S/C54H37NOSi/c1-4-17-43(18-5-1)57(44-19-6-2-7-20-44,45-21-8-3-9-22-45)46-33-30-41(31-34-46)55(42-32-36-48-40(37-42)28-27-38-15-10-11-23-47(38)48)51-25-14-16-39-29-35-50-49-24-12-13-26-52(49)56-54(50)53(39)51/h1-37H. The number of fused-ring (bicyclic) bond motifs is 8. The summed E-state index contributed by atoms with van der Waals surface area (Å²) in [6.45, 7) is 0. The SMILES string of the molecule is c1ccc([Si](c2ccccc2)(c2ccccc2)c2ccc(N(c3ccc4c(ccc5ccccc54)c3)c3cccc4ccc5c6ccccc6oc5c34)cc2)cc1. The van der Waals surface area contributed by atoms with E-state index in [1.165, 1.54) is 42.3 Å². The fraction of sp³-hybridized carbons (Fsp3) is 0. The van der Waals surface area contributed by atoms with E-state index in [-0.39, 0.29) is 0 Å². The first-order chi connectivity index (χ1) is 28.3. The third-order valence-electron chi connectivity index (χ3n) is 11.8. The Morgan fingerprint density at radius 2 is 0.842 bits per heavy atom. The third kappa shape index (κ3) is 5.31. The summed E-state index contributed by atoms with van der Waals surface area (Å²) < 4.78 is 6.74. The molecule has 0 spiro atoms. The van der Waals surface area contributed by atoms with E-state index in [1.807, 2.05) is 6.07 Å². The molecule has 0 atom stereocenters. The van der Waals surface area contributed by atoms with Gasteiger partial charge in [-0.15, -0.1) is 0 Å². The van der Waals surface area contributed by atoms with E-state index in [2.05, 4.69) is 223 Å². The molecule has 0 aliphatic rings. The molecule has 1 aromatic heterocycles. The van der Waals surface area contributed by atoms with Crippen LogP contribution < -0.4 is 25.6 Å². The molecule has 0 bridgehead atoms. The van der Waals surface area contributed by atoms with Gasteiger partial charge in [0.1, 0.15) is 11.2 Å². The van der Waals surface area contributed by atoms with Crippen LogP contribution in [-0.4, -0.2) is 8.07 Å².